The van der Waals surface area contributed by atoms with E-state index >= 15 is 0 Å². The van der Waals surface area contributed by atoms with Gasteiger partial charge in [0.1, 0.15) is 5.82 Å². The average Bonchev–Trinajstić information content (AvgIpc) is 3.11. The van der Waals surface area contributed by atoms with Gasteiger partial charge in [0.05, 0.1) is 11.9 Å². The number of nitrogens with zero attached hydrogens (tertiary/aromatic N) is 2. The topological polar surface area (TPSA) is 44.7 Å². The maximum atomic E-state index is 14.4. The predicted molar refractivity (Wildman–Crippen MR) is 99.1 cm³/mol. The molecule has 4 nitrogen and oxygen atoms in total. The van der Waals surface area contributed by atoms with Gasteiger partial charge in [-0.2, -0.15) is 5.10 Å². The molecule has 0 aromatic heterocycles. The number of halogens is 2. The summed E-state index contributed by atoms with van der Waals surface area (Å²) < 4.78 is 14.4. The molecule has 2 aromatic carbocycles. The summed E-state index contributed by atoms with van der Waals surface area (Å²) in [5.74, 6) is -0.638. The van der Waals surface area contributed by atoms with Crippen LogP contribution in [0, 0.1) is 12.7 Å². The predicted octanol–water partition coefficient (Wildman–Crippen LogP) is 4.15. The molecule has 0 radical (unpaired) electrons. The fourth-order valence-electron chi connectivity index (χ4n) is 2.88. The van der Waals surface area contributed by atoms with Crippen molar-refractivity contribution in [1.29, 1.82) is 0 Å². The van der Waals surface area contributed by atoms with Gasteiger partial charge < -0.3 is 4.90 Å². The summed E-state index contributed by atoms with van der Waals surface area (Å²) in [5.41, 5.74) is 5.02. The molecule has 1 N–H and O–H groups in total. The minimum absolute atomic E-state index is 0.268. The third kappa shape index (κ3) is 4.17. The summed E-state index contributed by atoms with van der Waals surface area (Å²) in [6, 6.07) is 9.88. The summed E-state index contributed by atoms with van der Waals surface area (Å²) in [6.45, 7) is 3.68. The van der Waals surface area contributed by atoms with Gasteiger partial charge >= 0.3 is 0 Å². The Morgan fingerprint density at radius 2 is 2.04 bits per heavy atom. The molecule has 0 unspecified atom stereocenters. The monoisotopic (exact) mass is 359 g/mol. The number of hydrogen-bond donors (Lipinski definition) is 1. The summed E-state index contributed by atoms with van der Waals surface area (Å²) in [7, 11) is 0. The largest absolute Gasteiger partial charge is 0.369 e. The zero-order valence-corrected chi connectivity index (χ0v) is 14.7. The van der Waals surface area contributed by atoms with E-state index in [1.165, 1.54) is 12.3 Å². The van der Waals surface area contributed by atoms with Crippen LogP contribution >= 0.6 is 11.6 Å². The normalized spacial score (nSPS) is 14.3. The number of aryl methyl sites for hydroxylation is 1. The molecule has 0 bridgehead atoms. The molecule has 1 aliphatic heterocycles. The standard InChI is InChI=1S/C19H19ClFN3O/c1-13-9-18(24-7-2-3-8-24)17(21)11-15(13)12-22-23-19(25)14-5-4-6-16(20)10-14/h4-6,9-12H,2-3,7-8H2,1H3,(H,23,25). The minimum atomic E-state index is -0.370. The summed E-state index contributed by atoms with van der Waals surface area (Å²) in [4.78, 5) is 14.1. The van der Waals surface area contributed by atoms with Crippen LogP contribution in [0.25, 0.3) is 0 Å². The fourth-order valence-corrected chi connectivity index (χ4v) is 3.07. The van der Waals surface area contributed by atoms with Crippen molar-refractivity contribution in [3.63, 3.8) is 0 Å². The molecule has 2 aromatic rings. The Bertz CT molecular complexity index is 816. The average molecular weight is 360 g/mol. The van der Waals surface area contributed by atoms with E-state index in [2.05, 4.69) is 15.4 Å². The quantitative estimate of drug-likeness (QED) is 0.658. The van der Waals surface area contributed by atoms with Crippen LogP contribution in [0.1, 0.15) is 34.3 Å². The maximum Gasteiger partial charge on any atom is 0.271 e. The highest BCUT2D eigenvalue weighted by molar-refractivity contribution is 6.30. The first-order valence-corrected chi connectivity index (χ1v) is 8.56. The number of carbonyl (C=O) groups is 1. The lowest BCUT2D eigenvalue weighted by molar-refractivity contribution is 0.0955. The van der Waals surface area contributed by atoms with Gasteiger partial charge in [0, 0.05) is 29.2 Å². The smallest absolute Gasteiger partial charge is 0.271 e. The highest BCUT2D eigenvalue weighted by Crippen LogP contribution is 2.26. The second-order valence-corrected chi connectivity index (χ2v) is 6.50. The van der Waals surface area contributed by atoms with Gasteiger partial charge in [0.15, 0.2) is 0 Å². The minimum Gasteiger partial charge on any atom is -0.369 e. The van der Waals surface area contributed by atoms with Crippen LogP contribution in [0.5, 0.6) is 0 Å². The van der Waals surface area contributed by atoms with Gasteiger partial charge in [0.25, 0.3) is 5.91 Å². The van der Waals surface area contributed by atoms with E-state index < -0.39 is 0 Å². The van der Waals surface area contributed by atoms with Gasteiger partial charge in [-0.05, 0) is 55.7 Å². The van der Waals surface area contributed by atoms with Crippen LogP contribution in [0.3, 0.4) is 0 Å². The van der Waals surface area contributed by atoms with Crippen molar-refractivity contribution in [2.75, 3.05) is 18.0 Å². The van der Waals surface area contributed by atoms with Gasteiger partial charge in [-0.3, -0.25) is 4.79 Å². The molecule has 0 aliphatic carbocycles. The van der Waals surface area contributed by atoms with E-state index in [4.69, 9.17) is 11.6 Å². The van der Waals surface area contributed by atoms with E-state index in [1.807, 2.05) is 13.0 Å². The molecule has 1 saturated heterocycles. The molecule has 1 aliphatic rings. The number of hydrogen-bond acceptors (Lipinski definition) is 3. The summed E-state index contributed by atoms with van der Waals surface area (Å²) in [5, 5.41) is 4.41. The molecule has 0 spiro atoms. The third-order valence-electron chi connectivity index (χ3n) is 4.24. The lowest BCUT2D eigenvalue weighted by Crippen LogP contribution is -2.19. The van der Waals surface area contributed by atoms with Crippen molar-refractivity contribution < 1.29 is 9.18 Å². The molecule has 1 heterocycles. The van der Waals surface area contributed by atoms with E-state index in [0.29, 0.717) is 21.8 Å². The Balaban J connectivity index is 1.71. The van der Waals surface area contributed by atoms with Gasteiger partial charge in [-0.1, -0.05) is 17.7 Å². The molecule has 3 rings (SSSR count). The van der Waals surface area contributed by atoms with E-state index in [0.717, 1.165) is 31.5 Å². The molecule has 25 heavy (non-hydrogen) atoms. The number of nitrogens with one attached hydrogen (secondary N) is 1. The van der Waals surface area contributed by atoms with Crippen molar-refractivity contribution in [1.82, 2.24) is 5.43 Å². The van der Waals surface area contributed by atoms with Crippen molar-refractivity contribution in [2.45, 2.75) is 19.8 Å². The molecular formula is C19H19ClFN3O. The SMILES string of the molecule is Cc1cc(N2CCCC2)c(F)cc1C=NNC(=O)c1cccc(Cl)c1. The fraction of sp³-hybridized carbons (Fsp3) is 0.263. The molecule has 0 saturated carbocycles. The van der Waals surface area contributed by atoms with Crippen LogP contribution in [-0.2, 0) is 0 Å². The molecular weight excluding hydrogens is 341 g/mol. The Morgan fingerprint density at radius 3 is 2.76 bits per heavy atom. The second-order valence-electron chi connectivity index (χ2n) is 6.06. The summed E-state index contributed by atoms with van der Waals surface area (Å²) >= 11 is 5.86. The number of anilines is 1. The third-order valence-corrected chi connectivity index (χ3v) is 4.47. The van der Waals surface area contributed by atoms with Crippen molar-refractivity contribution in [2.24, 2.45) is 5.10 Å². The zero-order valence-electron chi connectivity index (χ0n) is 13.9. The number of benzene rings is 2. The lowest BCUT2D eigenvalue weighted by atomic mass is 10.1. The van der Waals surface area contributed by atoms with Gasteiger partial charge in [-0.15, -0.1) is 0 Å². The maximum absolute atomic E-state index is 14.4. The van der Waals surface area contributed by atoms with Crippen molar-refractivity contribution in [3.05, 3.63) is 63.9 Å². The van der Waals surface area contributed by atoms with E-state index in [-0.39, 0.29) is 11.7 Å². The van der Waals surface area contributed by atoms with Crippen molar-refractivity contribution >= 4 is 29.4 Å². The van der Waals surface area contributed by atoms with E-state index in [1.54, 1.807) is 24.3 Å². The molecule has 1 amide bonds. The zero-order chi connectivity index (χ0) is 17.8. The van der Waals surface area contributed by atoms with Crippen LogP contribution in [0.15, 0.2) is 41.5 Å². The first kappa shape index (κ1) is 17.4. The van der Waals surface area contributed by atoms with Crippen molar-refractivity contribution in [3.8, 4) is 0 Å². The number of rotatable bonds is 4. The number of hydrazone groups is 1. The first-order chi connectivity index (χ1) is 12.0. The Kier molecular flexibility index (Phi) is 5.34. The van der Waals surface area contributed by atoms with Crippen LogP contribution < -0.4 is 10.3 Å². The Labute approximate surface area is 151 Å². The second kappa shape index (κ2) is 7.66. The van der Waals surface area contributed by atoms with Crippen LogP contribution in [-0.4, -0.2) is 25.2 Å². The van der Waals surface area contributed by atoms with Gasteiger partial charge in [-0.25, -0.2) is 9.82 Å². The van der Waals surface area contributed by atoms with Crippen LogP contribution in [0.4, 0.5) is 10.1 Å². The highest BCUT2D eigenvalue weighted by atomic mass is 35.5. The van der Waals surface area contributed by atoms with Gasteiger partial charge in [0.2, 0.25) is 0 Å². The molecule has 130 valence electrons. The molecule has 6 heteroatoms. The summed E-state index contributed by atoms with van der Waals surface area (Å²) in [6.07, 6.45) is 3.64. The number of carbonyl (C=O) groups excluding carboxylic acids is 1. The lowest BCUT2D eigenvalue weighted by Gasteiger charge is -2.19. The first-order valence-electron chi connectivity index (χ1n) is 8.18. The highest BCUT2D eigenvalue weighted by Gasteiger charge is 2.17. The molecule has 0 atom stereocenters. The Morgan fingerprint density at radius 1 is 1.28 bits per heavy atom. The molecule has 1 fully saturated rings. The van der Waals surface area contributed by atoms with E-state index in [9.17, 15) is 9.18 Å². The Hall–Kier alpha value is -2.40. The van der Waals surface area contributed by atoms with Crippen LogP contribution in [0.2, 0.25) is 5.02 Å². The number of amides is 1.